The van der Waals surface area contributed by atoms with Crippen molar-refractivity contribution in [2.24, 2.45) is 0 Å². The van der Waals surface area contributed by atoms with Crippen molar-refractivity contribution >= 4 is 0 Å². The van der Waals surface area contributed by atoms with Crippen molar-refractivity contribution in [1.82, 2.24) is 0 Å². The molecule has 0 aromatic carbocycles. The van der Waals surface area contributed by atoms with Crippen LogP contribution in [0.1, 0.15) is 12.8 Å². The van der Waals surface area contributed by atoms with Crippen molar-refractivity contribution in [2.45, 2.75) is 12.8 Å². The van der Waals surface area contributed by atoms with Gasteiger partial charge >= 0.3 is 0 Å². The molecule has 0 nitrogen and oxygen atoms in total. The lowest BCUT2D eigenvalue weighted by Gasteiger charge is -2.05. The van der Waals surface area contributed by atoms with Crippen LogP contribution in [0.4, 0.5) is 8.78 Å². The molecule has 0 spiro atoms. The molecular weight excluding hydrogens is 86.0 g/mol. The van der Waals surface area contributed by atoms with E-state index in [1.165, 1.54) is 0 Å². The molecule has 0 saturated heterocycles. The lowest BCUT2D eigenvalue weighted by molar-refractivity contribution is 0.423. The Morgan fingerprint density at radius 2 is 1.33 bits per heavy atom. The van der Waals surface area contributed by atoms with Gasteiger partial charge in [-0.2, -0.15) is 0 Å². The highest BCUT2D eigenvalue weighted by atomic mass is 19.2. The van der Waals surface area contributed by atoms with Crippen LogP contribution in [0, 0.1) is 0 Å². The average molecular weight is 90.1 g/mol. The summed E-state index contributed by atoms with van der Waals surface area (Å²) in [7, 11) is 0. The molecule has 0 aromatic rings. The summed E-state index contributed by atoms with van der Waals surface area (Å²) < 4.78 is 22.8. The van der Waals surface area contributed by atoms with E-state index in [4.69, 9.17) is 0 Å². The molecule has 1 aliphatic rings. The van der Waals surface area contributed by atoms with Gasteiger partial charge in [0.15, 0.2) is 0 Å². The molecule has 1 aliphatic carbocycles. The Balaban J connectivity index is 2.66. The molecule has 0 aromatic heterocycles. The molecule has 0 unspecified atom stereocenters. The second kappa shape index (κ2) is 1.03. The first-order chi connectivity index (χ1) is 2.80. The van der Waals surface area contributed by atoms with Gasteiger partial charge < -0.3 is 0 Å². The van der Waals surface area contributed by atoms with E-state index < -0.39 is 11.7 Å². The Hall–Kier alpha value is -0.400. The summed E-state index contributed by atoms with van der Waals surface area (Å²) in [5.41, 5.74) is 0. The molecule has 0 N–H and O–H groups in total. The minimum absolute atomic E-state index is 0.311. The predicted molar refractivity (Wildman–Crippen MR) is 18.5 cm³/mol. The molecule has 0 amide bonds. The molecule has 0 heterocycles. The minimum Gasteiger partial charge on any atom is -0.209 e. The SMILES string of the molecule is FC1=C(F)CC1. The topological polar surface area (TPSA) is 0 Å². The molecule has 0 bridgehead atoms. The van der Waals surface area contributed by atoms with Crippen molar-refractivity contribution in [1.29, 1.82) is 0 Å². The highest BCUT2D eigenvalue weighted by Crippen LogP contribution is 2.28. The van der Waals surface area contributed by atoms with Gasteiger partial charge in [0.2, 0.25) is 0 Å². The summed E-state index contributed by atoms with van der Waals surface area (Å²) in [6, 6.07) is 0. The summed E-state index contributed by atoms with van der Waals surface area (Å²) in [5.74, 6) is -1.12. The van der Waals surface area contributed by atoms with E-state index in [9.17, 15) is 8.78 Å². The van der Waals surface area contributed by atoms with Gasteiger partial charge in [0, 0.05) is 12.8 Å². The molecule has 0 saturated carbocycles. The highest BCUT2D eigenvalue weighted by molar-refractivity contribution is 5.10. The van der Waals surface area contributed by atoms with E-state index in [1.54, 1.807) is 0 Å². The Kier molecular flexibility index (Phi) is 0.650. The fourth-order valence-corrected chi connectivity index (χ4v) is 0.314. The Morgan fingerprint density at radius 3 is 1.33 bits per heavy atom. The van der Waals surface area contributed by atoms with Crippen LogP contribution in [-0.4, -0.2) is 0 Å². The first kappa shape index (κ1) is 3.78. The first-order valence-corrected chi connectivity index (χ1v) is 1.84. The van der Waals surface area contributed by atoms with Crippen molar-refractivity contribution in [2.75, 3.05) is 0 Å². The molecular formula is C4H4F2. The normalized spacial score (nSPS) is 21.0. The quantitative estimate of drug-likeness (QED) is 0.426. The molecule has 0 aliphatic heterocycles. The zero-order valence-corrected chi connectivity index (χ0v) is 3.17. The Labute approximate surface area is 34.5 Å². The third-order valence-electron chi connectivity index (χ3n) is 0.858. The molecule has 0 atom stereocenters. The van der Waals surface area contributed by atoms with Crippen molar-refractivity contribution in [3.05, 3.63) is 11.7 Å². The van der Waals surface area contributed by atoms with E-state index in [1.807, 2.05) is 0 Å². The van der Waals surface area contributed by atoms with Crippen molar-refractivity contribution < 1.29 is 8.78 Å². The number of halogens is 2. The van der Waals surface area contributed by atoms with Gasteiger partial charge in [-0.05, 0) is 0 Å². The lowest BCUT2D eigenvalue weighted by Crippen LogP contribution is -1.92. The molecule has 0 radical (unpaired) electrons. The Bertz CT molecular complexity index is 81.7. The largest absolute Gasteiger partial charge is 0.209 e. The number of rotatable bonds is 0. The smallest absolute Gasteiger partial charge is 0.132 e. The van der Waals surface area contributed by atoms with E-state index in [2.05, 4.69) is 0 Å². The third kappa shape index (κ3) is 0.329. The lowest BCUT2D eigenvalue weighted by atomic mass is 10.1. The fraction of sp³-hybridized carbons (Fsp3) is 0.500. The maximum absolute atomic E-state index is 11.4. The fourth-order valence-electron chi connectivity index (χ4n) is 0.314. The zero-order chi connectivity index (χ0) is 4.57. The number of hydrogen-bond donors (Lipinski definition) is 0. The zero-order valence-electron chi connectivity index (χ0n) is 3.17. The van der Waals surface area contributed by atoms with Gasteiger partial charge in [-0.1, -0.05) is 0 Å². The minimum atomic E-state index is -0.560. The van der Waals surface area contributed by atoms with Gasteiger partial charge in [-0.25, -0.2) is 8.78 Å². The maximum atomic E-state index is 11.4. The van der Waals surface area contributed by atoms with Gasteiger partial charge in [0.1, 0.15) is 11.7 Å². The van der Waals surface area contributed by atoms with Crippen LogP contribution in [0.2, 0.25) is 0 Å². The average Bonchev–Trinajstić information content (AvgIpc) is 1.61. The van der Waals surface area contributed by atoms with Crippen molar-refractivity contribution in [3.8, 4) is 0 Å². The summed E-state index contributed by atoms with van der Waals surface area (Å²) >= 11 is 0. The van der Waals surface area contributed by atoms with Gasteiger partial charge in [0.05, 0.1) is 0 Å². The maximum Gasteiger partial charge on any atom is 0.132 e. The van der Waals surface area contributed by atoms with Crippen LogP contribution in [0.25, 0.3) is 0 Å². The second-order valence-corrected chi connectivity index (χ2v) is 1.31. The number of allylic oxidation sites excluding steroid dienone is 2. The van der Waals surface area contributed by atoms with E-state index in [0.29, 0.717) is 12.8 Å². The third-order valence-corrected chi connectivity index (χ3v) is 0.858. The number of hydrogen-bond acceptors (Lipinski definition) is 0. The van der Waals surface area contributed by atoms with Gasteiger partial charge in [-0.15, -0.1) is 0 Å². The summed E-state index contributed by atoms with van der Waals surface area (Å²) in [6.45, 7) is 0. The monoisotopic (exact) mass is 90.0 g/mol. The molecule has 6 heavy (non-hydrogen) atoms. The molecule has 0 fully saturated rings. The molecule has 2 heteroatoms. The van der Waals surface area contributed by atoms with Gasteiger partial charge in [0.25, 0.3) is 0 Å². The van der Waals surface area contributed by atoms with Gasteiger partial charge in [-0.3, -0.25) is 0 Å². The summed E-state index contributed by atoms with van der Waals surface area (Å²) in [4.78, 5) is 0. The summed E-state index contributed by atoms with van der Waals surface area (Å²) in [6.07, 6.45) is 0.623. The summed E-state index contributed by atoms with van der Waals surface area (Å²) in [5, 5.41) is 0. The van der Waals surface area contributed by atoms with Crippen LogP contribution in [-0.2, 0) is 0 Å². The second-order valence-electron chi connectivity index (χ2n) is 1.31. The highest BCUT2D eigenvalue weighted by Gasteiger charge is 2.15. The Morgan fingerprint density at radius 1 is 1.00 bits per heavy atom. The van der Waals surface area contributed by atoms with Crippen LogP contribution in [0.5, 0.6) is 0 Å². The van der Waals surface area contributed by atoms with Crippen LogP contribution >= 0.6 is 0 Å². The first-order valence-electron chi connectivity index (χ1n) is 1.84. The van der Waals surface area contributed by atoms with Crippen LogP contribution < -0.4 is 0 Å². The standard InChI is InChI=1S/C4H4F2/c5-3-1-2-4(3)6/h1-2H2. The predicted octanol–water partition coefficient (Wildman–Crippen LogP) is 1.93. The van der Waals surface area contributed by atoms with E-state index >= 15 is 0 Å². The van der Waals surface area contributed by atoms with Crippen molar-refractivity contribution in [3.63, 3.8) is 0 Å². The van der Waals surface area contributed by atoms with Crippen LogP contribution in [0.15, 0.2) is 11.7 Å². The van der Waals surface area contributed by atoms with Crippen LogP contribution in [0.3, 0.4) is 0 Å². The molecule has 1 rings (SSSR count). The molecule has 34 valence electrons. The van der Waals surface area contributed by atoms with E-state index in [-0.39, 0.29) is 0 Å². The van der Waals surface area contributed by atoms with E-state index in [0.717, 1.165) is 0 Å².